The fourth-order valence-electron chi connectivity index (χ4n) is 3.41. The van der Waals surface area contributed by atoms with E-state index < -0.39 is 5.79 Å². The van der Waals surface area contributed by atoms with Crippen molar-refractivity contribution < 1.29 is 9.47 Å². The van der Waals surface area contributed by atoms with Gasteiger partial charge in [0.2, 0.25) is 11.7 Å². The van der Waals surface area contributed by atoms with Gasteiger partial charge in [-0.25, -0.2) is 4.98 Å². The second-order valence-electron chi connectivity index (χ2n) is 7.25. The van der Waals surface area contributed by atoms with E-state index in [4.69, 9.17) is 44.1 Å². The monoisotopic (exact) mass is 471 g/mol. The molecule has 0 radical (unpaired) electrons. The van der Waals surface area contributed by atoms with Crippen molar-refractivity contribution in [2.75, 3.05) is 35.9 Å². The molecule has 0 unspecified atom stereocenters. The molecule has 0 spiro atoms. The molecule has 1 aromatic heterocycles. The first-order valence-corrected chi connectivity index (χ1v) is 10.9. The number of ether oxygens (including phenoxy) is 2. The Labute approximate surface area is 196 Å². The molecular formula is C23H23Cl2N5O2. The molecule has 0 atom stereocenters. The van der Waals surface area contributed by atoms with Crippen LogP contribution < -0.4 is 16.8 Å². The Bertz CT molecular complexity index is 1100. The van der Waals surface area contributed by atoms with Crippen LogP contribution in [0.4, 0.5) is 17.5 Å². The third-order valence-corrected chi connectivity index (χ3v) is 5.65. The van der Waals surface area contributed by atoms with Gasteiger partial charge in [0.25, 0.3) is 0 Å². The summed E-state index contributed by atoms with van der Waals surface area (Å²) in [6.45, 7) is 1.49. The number of benzene rings is 2. The highest BCUT2D eigenvalue weighted by molar-refractivity contribution is 6.30. The molecule has 5 N–H and O–H groups in total. The van der Waals surface area contributed by atoms with Crippen LogP contribution in [-0.2, 0) is 16.0 Å². The summed E-state index contributed by atoms with van der Waals surface area (Å²) in [6, 6.07) is 15.3. The molecule has 0 aliphatic carbocycles. The standard InChI is InChI=1S/C23H23Cl2N5O2/c24-14-23(31-11-12-32-23)10-9-15-1-7-18(8-2-15)28-13-19-20(21(26)30-22(27)29-19)16-3-5-17(25)6-4-16/h1-10,28H,11-14H2,(H4,26,27,29,30)/b10-9+. The lowest BCUT2D eigenvalue weighted by Gasteiger charge is -2.20. The summed E-state index contributed by atoms with van der Waals surface area (Å²) in [5.74, 6) is -0.156. The Morgan fingerprint density at radius 1 is 1.00 bits per heavy atom. The lowest BCUT2D eigenvalue weighted by Crippen LogP contribution is -2.29. The second-order valence-corrected chi connectivity index (χ2v) is 7.95. The highest BCUT2D eigenvalue weighted by Crippen LogP contribution is 2.30. The van der Waals surface area contributed by atoms with Crippen molar-refractivity contribution >= 4 is 46.7 Å². The van der Waals surface area contributed by atoms with Crippen LogP contribution >= 0.6 is 23.2 Å². The maximum absolute atomic E-state index is 6.16. The largest absolute Gasteiger partial charge is 0.383 e. The first-order valence-electron chi connectivity index (χ1n) is 10.0. The maximum atomic E-state index is 6.16. The predicted molar refractivity (Wildman–Crippen MR) is 129 cm³/mol. The van der Waals surface area contributed by atoms with Gasteiger partial charge in [-0.15, -0.1) is 11.6 Å². The van der Waals surface area contributed by atoms with Gasteiger partial charge in [-0.3, -0.25) is 0 Å². The number of rotatable bonds is 7. The Hall–Kier alpha value is -2.84. The minimum Gasteiger partial charge on any atom is -0.383 e. The fourth-order valence-corrected chi connectivity index (χ4v) is 3.78. The Morgan fingerprint density at radius 3 is 2.34 bits per heavy atom. The number of aromatic nitrogens is 2. The smallest absolute Gasteiger partial charge is 0.222 e. The van der Waals surface area contributed by atoms with E-state index >= 15 is 0 Å². The molecule has 1 aliphatic heterocycles. The third-order valence-electron chi connectivity index (χ3n) is 5.02. The maximum Gasteiger partial charge on any atom is 0.222 e. The summed E-state index contributed by atoms with van der Waals surface area (Å²) >= 11 is 12.0. The van der Waals surface area contributed by atoms with E-state index in [0.29, 0.717) is 36.3 Å². The molecular weight excluding hydrogens is 449 g/mol. The summed E-state index contributed by atoms with van der Waals surface area (Å²) in [7, 11) is 0. The van der Waals surface area contributed by atoms with Crippen molar-refractivity contribution in [3.63, 3.8) is 0 Å². The molecule has 0 bridgehead atoms. The van der Waals surface area contributed by atoms with Gasteiger partial charge in [0.05, 0.1) is 31.3 Å². The molecule has 0 saturated carbocycles. The molecule has 166 valence electrons. The molecule has 9 heteroatoms. The van der Waals surface area contributed by atoms with Crippen molar-refractivity contribution in [3.8, 4) is 11.1 Å². The van der Waals surface area contributed by atoms with Crippen LogP contribution in [0.1, 0.15) is 11.3 Å². The van der Waals surface area contributed by atoms with Crippen molar-refractivity contribution in [2.24, 2.45) is 0 Å². The Balaban J connectivity index is 1.48. The molecule has 1 saturated heterocycles. The van der Waals surface area contributed by atoms with Crippen molar-refractivity contribution in [1.82, 2.24) is 9.97 Å². The van der Waals surface area contributed by atoms with Gasteiger partial charge in [0.15, 0.2) is 0 Å². The summed E-state index contributed by atoms with van der Waals surface area (Å²) in [5, 5.41) is 4.00. The first kappa shape index (κ1) is 22.4. The predicted octanol–water partition coefficient (Wildman–Crippen LogP) is 4.57. The SMILES string of the molecule is Nc1nc(N)c(-c2ccc(Cl)cc2)c(CNc2ccc(/C=C/C3(CCl)OCCO3)cc2)n1. The first-order chi connectivity index (χ1) is 15.5. The van der Waals surface area contributed by atoms with Crippen LogP contribution in [0.15, 0.2) is 54.6 Å². The number of alkyl halides is 1. The Kier molecular flexibility index (Phi) is 6.81. The molecule has 3 aromatic rings. The van der Waals surface area contributed by atoms with E-state index in [9.17, 15) is 0 Å². The second kappa shape index (κ2) is 9.75. The zero-order valence-corrected chi connectivity index (χ0v) is 18.7. The molecule has 32 heavy (non-hydrogen) atoms. The fraction of sp³-hybridized carbons (Fsp3) is 0.217. The number of anilines is 3. The van der Waals surface area contributed by atoms with E-state index in [1.54, 1.807) is 12.1 Å². The van der Waals surface area contributed by atoms with E-state index in [1.807, 2.05) is 48.6 Å². The van der Waals surface area contributed by atoms with Gasteiger partial charge in [-0.1, -0.05) is 41.9 Å². The number of nitrogens with one attached hydrogen (secondary N) is 1. The van der Waals surface area contributed by atoms with Gasteiger partial charge in [0, 0.05) is 16.3 Å². The molecule has 4 rings (SSSR count). The van der Waals surface area contributed by atoms with E-state index in [2.05, 4.69) is 15.3 Å². The van der Waals surface area contributed by atoms with Crippen LogP contribution in [0.5, 0.6) is 0 Å². The zero-order valence-electron chi connectivity index (χ0n) is 17.2. The van der Waals surface area contributed by atoms with E-state index in [-0.39, 0.29) is 11.8 Å². The summed E-state index contributed by atoms with van der Waals surface area (Å²) < 4.78 is 11.2. The molecule has 1 aliphatic rings. The molecule has 1 fully saturated rings. The minimum atomic E-state index is -0.844. The average Bonchev–Trinajstić information content (AvgIpc) is 3.27. The summed E-state index contributed by atoms with van der Waals surface area (Å²) in [4.78, 5) is 8.51. The Morgan fingerprint density at radius 2 is 1.69 bits per heavy atom. The highest BCUT2D eigenvalue weighted by atomic mass is 35.5. The van der Waals surface area contributed by atoms with Gasteiger partial charge in [-0.05, 0) is 41.5 Å². The summed E-state index contributed by atoms with van der Waals surface area (Å²) in [5.41, 5.74) is 16.2. The van der Waals surface area contributed by atoms with Gasteiger partial charge >= 0.3 is 0 Å². The molecule has 0 amide bonds. The number of nitrogens with zero attached hydrogens (tertiary/aromatic N) is 2. The quantitative estimate of drug-likeness (QED) is 0.433. The van der Waals surface area contributed by atoms with Gasteiger partial charge in [0.1, 0.15) is 5.82 Å². The van der Waals surface area contributed by atoms with E-state index in [1.165, 1.54) is 0 Å². The third kappa shape index (κ3) is 5.14. The van der Waals surface area contributed by atoms with Crippen molar-refractivity contribution in [2.45, 2.75) is 12.3 Å². The number of hydrogen-bond donors (Lipinski definition) is 3. The molecule has 7 nitrogen and oxygen atoms in total. The van der Waals surface area contributed by atoms with Crippen molar-refractivity contribution in [1.29, 1.82) is 0 Å². The van der Waals surface area contributed by atoms with Gasteiger partial charge < -0.3 is 26.3 Å². The minimum absolute atomic E-state index is 0.127. The molecule has 2 heterocycles. The number of halogens is 2. The normalized spacial score (nSPS) is 15.3. The number of nitrogens with two attached hydrogens (primary N) is 2. The number of nitrogen functional groups attached to an aromatic ring is 2. The van der Waals surface area contributed by atoms with E-state index in [0.717, 1.165) is 22.4 Å². The zero-order chi connectivity index (χ0) is 22.6. The van der Waals surface area contributed by atoms with Crippen LogP contribution in [0, 0.1) is 0 Å². The van der Waals surface area contributed by atoms with Crippen LogP contribution in [-0.4, -0.2) is 34.8 Å². The molecule has 2 aromatic carbocycles. The van der Waals surface area contributed by atoms with Crippen LogP contribution in [0.3, 0.4) is 0 Å². The lowest BCUT2D eigenvalue weighted by molar-refractivity contribution is -0.0959. The van der Waals surface area contributed by atoms with Crippen LogP contribution in [0.25, 0.3) is 17.2 Å². The lowest BCUT2D eigenvalue weighted by atomic mass is 10.0. The average molecular weight is 472 g/mol. The summed E-state index contributed by atoms with van der Waals surface area (Å²) in [6.07, 6.45) is 3.78. The highest BCUT2D eigenvalue weighted by Gasteiger charge is 2.32. The van der Waals surface area contributed by atoms with Crippen LogP contribution in [0.2, 0.25) is 5.02 Å². The number of hydrogen-bond acceptors (Lipinski definition) is 7. The van der Waals surface area contributed by atoms with Crippen molar-refractivity contribution in [3.05, 3.63) is 70.9 Å². The van der Waals surface area contributed by atoms with Gasteiger partial charge in [-0.2, -0.15) is 4.98 Å². The topological polar surface area (TPSA) is 108 Å².